The van der Waals surface area contributed by atoms with Gasteiger partial charge in [0.05, 0.1) is 6.04 Å². The molecule has 6 heteroatoms. The highest BCUT2D eigenvalue weighted by Gasteiger charge is 2.27. The van der Waals surface area contributed by atoms with Gasteiger partial charge in [0.25, 0.3) is 0 Å². The van der Waals surface area contributed by atoms with E-state index in [-0.39, 0.29) is 11.9 Å². The van der Waals surface area contributed by atoms with Gasteiger partial charge >= 0.3 is 0 Å². The van der Waals surface area contributed by atoms with Crippen LogP contribution in [0.1, 0.15) is 40.9 Å². The molecule has 1 aromatic heterocycles. The largest absolute Gasteiger partial charge is 0.349 e. The van der Waals surface area contributed by atoms with Gasteiger partial charge in [-0.15, -0.1) is 0 Å². The first kappa shape index (κ1) is 19.3. The lowest BCUT2D eigenvalue weighted by molar-refractivity contribution is 0.593. The summed E-state index contributed by atoms with van der Waals surface area (Å²) in [6, 6.07) is 13.1. The van der Waals surface area contributed by atoms with Crippen molar-refractivity contribution < 1.29 is 4.39 Å². The van der Waals surface area contributed by atoms with Crippen LogP contribution in [0.3, 0.4) is 0 Å². The summed E-state index contributed by atoms with van der Waals surface area (Å²) in [6.45, 7) is 7.42. The highest BCUT2D eigenvalue weighted by atomic mass is 19.1. The van der Waals surface area contributed by atoms with Gasteiger partial charge in [0.15, 0.2) is 0 Å². The minimum atomic E-state index is -0.177. The van der Waals surface area contributed by atoms with E-state index in [4.69, 9.17) is 10.7 Å². The molecule has 1 aliphatic rings. The molecule has 0 aliphatic carbocycles. The predicted octanol–water partition coefficient (Wildman–Crippen LogP) is 4.56. The molecule has 2 aromatic carbocycles. The number of nitrogens with zero attached hydrogens (tertiary/aromatic N) is 3. The standard InChI is InChI=1S/C23H26FN5/c1-14-15(2)26-23(27-21-7-5-4-6-18(21)13-25)28-22(14)29-11-10-17-12-19(24)8-9-20(17)16(29)3/h4-9,12,16H,10-11,13,25H2,1-3H3,(H,26,27,28). The maximum absolute atomic E-state index is 13.6. The lowest BCUT2D eigenvalue weighted by atomic mass is 9.93. The molecule has 1 aliphatic heterocycles. The molecule has 0 bridgehead atoms. The van der Waals surface area contributed by atoms with Gasteiger partial charge in [0.2, 0.25) is 5.95 Å². The third-order valence-corrected chi connectivity index (χ3v) is 5.76. The number of aryl methyl sites for hydroxylation is 1. The number of para-hydroxylation sites is 1. The van der Waals surface area contributed by atoms with Crippen molar-refractivity contribution in [1.82, 2.24) is 9.97 Å². The van der Waals surface area contributed by atoms with E-state index in [1.54, 1.807) is 6.07 Å². The number of nitrogens with two attached hydrogens (primary N) is 1. The fourth-order valence-corrected chi connectivity index (χ4v) is 3.98. The summed E-state index contributed by atoms with van der Waals surface area (Å²) in [5.41, 5.74) is 12.0. The summed E-state index contributed by atoms with van der Waals surface area (Å²) >= 11 is 0. The lowest BCUT2D eigenvalue weighted by Crippen LogP contribution is -2.35. The summed E-state index contributed by atoms with van der Waals surface area (Å²) in [4.78, 5) is 11.8. The number of hydrogen-bond donors (Lipinski definition) is 2. The van der Waals surface area contributed by atoms with Gasteiger partial charge < -0.3 is 16.0 Å². The van der Waals surface area contributed by atoms with E-state index in [0.29, 0.717) is 12.5 Å². The van der Waals surface area contributed by atoms with Crippen molar-refractivity contribution in [3.8, 4) is 0 Å². The van der Waals surface area contributed by atoms with Crippen LogP contribution in [0.15, 0.2) is 42.5 Å². The second-order valence-electron chi connectivity index (χ2n) is 7.53. The highest BCUT2D eigenvalue weighted by molar-refractivity contribution is 5.62. The number of halogens is 1. The van der Waals surface area contributed by atoms with Crippen molar-refractivity contribution in [2.45, 2.75) is 39.8 Å². The third kappa shape index (κ3) is 3.68. The Kier molecular flexibility index (Phi) is 5.20. The van der Waals surface area contributed by atoms with Crippen molar-refractivity contribution in [2.24, 2.45) is 5.73 Å². The van der Waals surface area contributed by atoms with Crippen LogP contribution in [-0.4, -0.2) is 16.5 Å². The van der Waals surface area contributed by atoms with E-state index < -0.39 is 0 Å². The van der Waals surface area contributed by atoms with Crippen LogP contribution in [0.25, 0.3) is 0 Å². The van der Waals surface area contributed by atoms with Crippen LogP contribution in [-0.2, 0) is 13.0 Å². The maximum atomic E-state index is 13.6. The van der Waals surface area contributed by atoms with Gasteiger partial charge in [0, 0.05) is 30.0 Å². The average Bonchev–Trinajstić information content (AvgIpc) is 2.71. The Labute approximate surface area is 170 Å². The highest BCUT2D eigenvalue weighted by Crippen LogP contribution is 2.35. The minimum absolute atomic E-state index is 0.108. The molecule has 0 amide bonds. The quantitative estimate of drug-likeness (QED) is 0.682. The normalized spacial score (nSPS) is 15.9. The first-order valence-corrected chi connectivity index (χ1v) is 9.93. The molecule has 3 aromatic rings. The van der Waals surface area contributed by atoms with Gasteiger partial charge in [-0.05, 0) is 62.1 Å². The fourth-order valence-electron chi connectivity index (χ4n) is 3.98. The monoisotopic (exact) mass is 391 g/mol. The third-order valence-electron chi connectivity index (χ3n) is 5.76. The van der Waals surface area contributed by atoms with Crippen LogP contribution < -0.4 is 16.0 Å². The lowest BCUT2D eigenvalue weighted by Gasteiger charge is -2.37. The van der Waals surface area contributed by atoms with Crippen molar-refractivity contribution >= 4 is 17.5 Å². The van der Waals surface area contributed by atoms with Gasteiger partial charge in [-0.3, -0.25) is 0 Å². The molecular weight excluding hydrogens is 365 g/mol. The van der Waals surface area contributed by atoms with Crippen LogP contribution in [0.2, 0.25) is 0 Å². The molecule has 0 saturated carbocycles. The summed E-state index contributed by atoms with van der Waals surface area (Å²) < 4.78 is 13.6. The molecule has 1 unspecified atom stereocenters. The second-order valence-corrected chi connectivity index (χ2v) is 7.53. The van der Waals surface area contributed by atoms with Crippen molar-refractivity contribution in [2.75, 3.05) is 16.8 Å². The SMILES string of the molecule is Cc1nc(Nc2ccccc2CN)nc(N2CCc3cc(F)ccc3C2C)c1C. The summed E-state index contributed by atoms with van der Waals surface area (Å²) in [6.07, 6.45) is 0.790. The number of aromatic nitrogens is 2. The smallest absolute Gasteiger partial charge is 0.229 e. The average molecular weight is 391 g/mol. The zero-order valence-corrected chi connectivity index (χ0v) is 17.0. The molecule has 5 nitrogen and oxygen atoms in total. The molecular formula is C23H26FN5. The van der Waals surface area contributed by atoms with Crippen LogP contribution in [0, 0.1) is 19.7 Å². The first-order valence-electron chi connectivity index (χ1n) is 9.93. The fraction of sp³-hybridized carbons (Fsp3) is 0.304. The first-order chi connectivity index (χ1) is 14.0. The van der Waals surface area contributed by atoms with E-state index in [1.165, 1.54) is 6.07 Å². The molecule has 0 radical (unpaired) electrons. The molecule has 0 saturated heterocycles. The molecule has 3 N–H and O–H groups in total. The Morgan fingerprint density at radius 1 is 1.17 bits per heavy atom. The Balaban J connectivity index is 1.70. The Morgan fingerprint density at radius 3 is 2.76 bits per heavy atom. The van der Waals surface area contributed by atoms with Crippen LogP contribution in [0.5, 0.6) is 0 Å². The second kappa shape index (κ2) is 7.79. The summed E-state index contributed by atoms with van der Waals surface area (Å²) in [5, 5.41) is 3.33. The van der Waals surface area contributed by atoms with E-state index >= 15 is 0 Å². The summed E-state index contributed by atoms with van der Waals surface area (Å²) in [5.74, 6) is 1.29. The number of fused-ring (bicyclic) bond motifs is 1. The zero-order chi connectivity index (χ0) is 20.5. The van der Waals surface area contributed by atoms with Gasteiger partial charge in [-0.1, -0.05) is 24.3 Å². The molecule has 29 heavy (non-hydrogen) atoms. The molecule has 4 rings (SSSR count). The van der Waals surface area contributed by atoms with E-state index in [2.05, 4.69) is 29.0 Å². The Bertz CT molecular complexity index is 1050. The minimum Gasteiger partial charge on any atom is -0.349 e. The van der Waals surface area contributed by atoms with Crippen molar-refractivity contribution in [1.29, 1.82) is 0 Å². The molecule has 150 valence electrons. The van der Waals surface area contributed by atoms with Gasteiger partial charge in [-0.25, -0.2) is 9.37 Å². The number of benzene rings is 2. The van der Waals surface area contributed by atoms with E-state index in [1.807, 2.05) is 37.3 Å². The van der Waals surface area contributed by atoms with Crippen LogP contribution in [0.4, 0.5) is 21.8 Å². The van der Waals surface area contributed by atoms with Gasteiger partial charge in [-0.2, -0.15) is 4.98 Å². The topological polar surface area (TPSA) is 67.1 Å². The molecule has 1 atom stereocenters. The number of anilines is 3. The van der Waals surface area contributed by atoms with Crippen LogP contribution >= 0.6 is 0 Å². The molecule has 0 spiro atoms. The number of nitrogens with one attached hydrogen (secondary N) is 1. The summed E-state index contributed by atoms with van der Waals surface area (Å²) in [7, 11) is 0. The predicted molar refractivity (Wildman–Crippen MR) is 115 cm³/mol. The zero-order valence-electron chi connectivity index (χ0n) is 17.0. The Morgan fingerprint density at radius 2 is 1.97 bits per heavy atom. The maximum Gasteiger partial charge on any atom is 0.229 e. The molecule has 2 heterocycles. The van der Waals surface area contributed by atoms with E-state index in [0.717, 1.165) is 52.4 Å². The van der Waals surface area contributed by atoms with Gasteiger partial charge in [0.1, 0.15) is 11.6 Å². The number of hydrogen-bond acceptors (Lipinski definition) is 5. The van der Waals surface area contributed by atoms with Crippen molar-refractivity contribution in [3.05, 3.63) is 76.2 Å². The van der Waals surface area contributed by atoms with Crippen molar-refractivity contribution in [3.63, 3.8) is 0 Å². The van der Waals surface area contributed by atoms with E-state index in [9.17, 15) is 4.39 Å². The number of rotatable bonds is 4. The molecule has 0 fully saturated rings. The Hall–Kier alpha value is -2.99.